The first-order valence-electron chi connectivity index (χ1n) is 11.5. The molecule has 9 heteroatoms. The number of carboxylic acids is 1. The number of hydrogen-bond acceptors (Lipinski definition) is 6. The Morgan fingerprint density at radius 3 is 2.34 bits per heavy atom. The Bertz CT molecular complexity index is 1180. The van der Waals surface area contributed by atoms with Crippen LogP contribution in [0.25, 0.3) is 11.1 Å². The van der Waals surface area contributed by atoms with E-state index in [1.54, 1.807) is 0 Å². The van der Waals surface area contributed by atoms with Crippen molar-refractivity contribution in [2.45, 2.75) is 44.7 Å². The third kappa shape index (κ3) is 5.68. The maximum absolute atomic E-state index is 12.8. The smallest absolute Gasteiger partial charge is 0.407 e. The second kappa shape index (κ2) is 11.1. The van der Waals surface area contributed by atoms with E-state index >= 15 is 0 Å². The molecule has 1 aromatic heterocycles. The van der Waals surface area contributed by atoms with Gasteiger partial charge in [-0.2, -0.15) is 0 Å². The van der Waals surface area contributed by atoms with E-state index in [0.717, 1.165) is 46.4 Å². The molecule has 0 bridgehead atoms. The van der Waals surface area contributed by atoms with Gasteiger partial charge in [0.1, 0.15) is 22.5 Å². The fraction of sp³-hybridized carbons (Fsp3) is 0.308. The zero-order chi connectivity index (χ0) is 24.8. The van der Waals surface area contributed by atoms with Crippen LogP contribution in [-0.2, 0) is 16.1 Å². The van der Waals surface area contributed by atoms with E-state index in [0.29, 0.717) is 11.4 Å². The zero-order valence-corrected chi connectivity index (χ0v) is 20.1. The van der Waals surface area contributed by atoms with Crippen molar-refractivity contribution >= 4 is 29.3 Å². The molecule has 1 heterocycles. The second-order valence-corrected chi connectivity index (χ2v) is 9.42. The highest BCUT2D eigenvalue weighted by molar-refractivity contribution is 7.13. The minimum absolute atomic E-state index is 0.0654. The maximum atomic E-state index is 12.8. The van der Waals surface area contributed by atoms with Crippen molar-refractivity contribution < 1.29 is 24.2 Å². The summed E-state index contributed by atoms with van der Waals surface area (Å²) in [5.74, 6) is -1.48. The summed E-state index contributed by atoms with van der Waals surface area (Å²) in [6.45, 7) is 2.26. The number of carboxylic acid groups (broad SMARTS) is 1. The lowest BCUT2D eigenvalue weighted by Gasteiger charge is -2.19. The molecule has 2 aromatic carbocycles. The van der Waals surface area contributed by atoms with Crippen LogP contribution < -0.4 is 10.6 Å². The second-order valence-electron chi connectivity index (χ2n) is 8.31. The standard InChI is InChI=1S/C26H27N3O5S/c1-2-3-12-21(24(30)28-14-23-27-13-22(35-23)25(31)32)29-26(33)34-15-20-18-10-6-4-8-16(18)17-9-5-7-11-19(17)20/h4-11,13,20-21H,2-3,12,14-15H2,1H3,(H,28,30)(H,29,33)(H,31,32)/t21-/m0/s1. The predicted octanol–water partition coefficient (Wildman–Crippen LogP) is 4.56. The van der Waals surface area contributed by atoms with Gasteiger partial charge in [0.2, 0.25) is 5.91 Å². The molecule has 0 radical (unpaired) electrons. The van der Waals surface area contributed by atoms with Gasteiger partial charge in [0.15, 0.2) is 0 Å². The van der Waals surface area contributed by atoms with E-state index in [-0.39, 0.29) is 29.9 Å². The molecule has 1 aliphatic carbocycles. The lowest BCUT2D eigenvalue weighted by molar-refractivity contribution is -0.123. The normalized spacial score (nSPS) is 12.9. The summed E-state index contributed by atoms with van der Waals surface area (Å²) in [4.78, 5) is 40.6. The first-order valence-corrected chi connectivity index (χ1v) is 12.4. The van der Waals surface area contributed by atoms with Gasteiger partial charge in [0.25, 0.3) is 0 Å². The number of aromatic nitrogens is 1. The van der Waals surface area contributed by atoms with Crippen molar-refractivity contribution in [3.8, 4) is 11.1 Å². The van der Waals surface area contributed by atoms with Crippen LogP contribution in [0.4, 0.5) is 4.79 Å². The lowest BCUT2D eigenvalue weighted by Crippen LogP contribution is -2.46. The topological polar surface area (TPSA) is 118 Å². The highest BCUT2D eigenvalue weighted by atomic mass is 32.1. The van der Waals surface area contributed by atoms with E-state index in [4.69, 9.17) is 9.84 Å². The van der Waals surface area contributed by atoms with Gasteiger partial charge in [-0.1, -0.05) is 68.3 Å². The average molecular weight is 494 g/mol. The van der Waals surface area contributed by atoms with Crippen LogP contribution in [0.1, 0.15) is 57.9 Å². The molecular formula is C26H27N3O5S. The molecule has 0 spiro atoms. The van der Waals surface area contributed by atoms with Gasteiger partial charge >= 0.3 is 12.1 Å². The van der Waals surface area contributed by atoms with Gasteiger partial charge < -0.3 is 20.5 Å². The molecule has 1 atom stereocenters. The number of nitrogens with zero attached hydrogens (tertiary/aromatic N) is 1. The Labute approximate surface area is 207 Å². The average Bonchev–Trinajstić information content (AvgIpc) is 3.47. The van der Waals surface area contributed by atoms with Gasteiger partial charge in [-0.15, -0.1) is 11.3 Å². The number of hydrogen-bond donors (Lipinski definition) is 3. The summed E-state index contributed by atoms with van der Waals surface area (Å²) in [7, 11) is 0. The lowest BCUT2D eigenvalue weighted by atomic mass is 9.98. The number of thiazole rings is 1. The van der Waals surface area contributed by atoms with Crippen LogP contribution in [-0.4, -0.2) is 40.7 Å². The number of nitrogens with one attached hydrogen (secondary N) is 2. The molecule has 1 aliphatic rings. The number of rotatable bonds is 10. The van der Waals surface area contributed by atoms with Gasteiger partial charge in [-0.25, -0.2) is 14.6 Å². The first-order chi connectivity index (χ1) is 17.0. The molecule has 0 saturated heterocycles. The van der Waals surface area contributed by atoms with Crippen LogP contribution in [0.15, 0.2) is 54.7 Å². The van der Waals surface area contributed by atoms with Gasteiger partial charge in [0, 0.05) is 5.92 Å². The van der Waals surface area contributed by atoms with E-state index in [1.165, 1.54) is 6.20 Å². The van der Waals surface area contributed by atoms with Crippen molar-refractivity contribution in [1.29, 1.82) is 0 Å². The summed E-state index contributed by atoms with van der Waals surface area (Å²) in [6, 6.07) is 15.4. The van der Waals surface area contributed by atoms with E-state index in [9.17, 15) is 14.4 Å². The molecule has 0 unspecified atom stereocenters. The summed E-state index contributed by atoms with van der Waals surface area (Å²) in [5.41, 5.74) is 4.52. The van der Waals surface area contributed by atoms with Gasteiger partial charge in [0.05, 0.1) is 12.7 Å². The summed E-state index contributed by atoms with van der Waals surface area (Å²) in [5, 5.41) is 14.9. The van der Waals surface area contributed by atoms with Crippen molar-refractivity contribution in [2.24, 2.45) is 0 Å². The highest BCUT2D eigenvalue weighted by Crippen LogP contribution is 2.44. The van der Waals surface area contributed by atoms with Crippen LogP contribution >= 0.6 is 11.3 Å². The number of ether oxygens (including phenoxy) is 1. The molecule has 0 aliphatic heterocycles. The SMILES string of the molecule is CCCC[C@H](NC(=O)OCC1c2ccccc2-c2ccccc21)C(=O)NCc1ncc(C(=O)O)s1. The van der Waals surface area contributed by atoms with Crippen molar-refractivity contribution in [3.63, 3.8) is 0 Å². The number of amides is 2. The van der Waals surface area contributed by atoms with Crippen LogP contribution in [0.5, 0.6) is 0 Å². The summed E-state index contributed by atoms with van der Waals surface area (Å²) >= 11 is 1.00. The number of fused-ring (bicyclic) bond motifs is 3. The molecule has 182 valence electrons. The molecule has 2 amide bonds. The first kappa shape index (κ1) is 24.4. The highest BCUT2D eigenvalue weighted by Gasteiger charge is 2.29. The van der Waals surface area contributed by atoms with Crippen molar-refractivity contribution in [1.82, 2.24) is 15.6 Å². The third-order valence-corrected chi connectivity index (χ3v) is 6.96. The van der Waals surface area contributed by atoms with Crippen LogP contribution in [0.2, 0.25) is 0 Å². The fourth-order valence-corrected chi connectivity index (χ4v) is 4.93. The Balaban J connectivity index is 1.36. The number of alkyl carbamates (subject to hydrolysis) is 1. The Morgan fingerprint density at radius 1 is 1.09 bits per heavy atom. The number of aromatic carboxylic acids is 1. The van der Waals surface area contributed by atoms with Gasteiger partial charge in [-0.05, 0) is 28.7 Å². The largest absolute Gasteiger partial charge is 0.477 e. The predicted molar refractivity (Wildman–Crippen MR) is 132 cm³/mol. The summed E-state index contributed by atoms with van der Waals surface area (Å²) in [6.07, 6.45) is 2.70. The molecule has 8 nitrogen and oxygen atoms in total. The zero-order valence-electron chi connectivity index (χ0n) is 19.3. The Hall–Kier alpha value is -3.72. The monoisotopic (exact) mass is 493 g/mol. The Kier molecular flexibility index (Phi) is 7.77. The minimum atomic E-state index is -1.06. The van der Waals surface area contributed by atoms with Crippen LogP contribution in [0.3, 0.4) is 0 Å². The van der Waals surface area contributed by atoms with E-state index < -0.39 is 18.1 Å². The minimum Gasteiger partial charge on any atom is -0.477 e. The number of unbranched alkanes of at least 4 members (excludes halogenated alkanes) is 1. The van der Waals surface area contributed by atoms with Crippen LogP contribution in [0, 0.1) is 0 Å². The molecule has 3 N–H and O–H groups in total. The molecule has 3 aromatic rings. The van der Waals surface area contributed by atoms with Gasteiger partial charge in [-0.3, -0.25) is 4.79 Å². The molecular weight excluding hydrogens is 466 g/mol. The number of benzene rings is 2. The molecule has 4 rings (SSSR count). The molecule has 35 heavy (non-hydrogen) atoms. The number of carbonyl (C=O) groups excluding carboxylic acids is 2. The summed E-state index contributed by atoms with van der Waals surface area (Å²) < 4.78 is 5.59. The van der Waals surface area contributed by atoms with E-state index in [2.05, 4.69) is 27.8 Å². The van der Waals surface area contributed by atoms with Crippen molar-refractivity contribution in [3.05, 3.63) is 75.7 Å². The maximum Gasteiger partial charge on any atom is 0.407 e. The quantitative estimate of drug-likeness (QED) is 0.381. The van der Waals surface area contributed by atoms with E-state index in [1.807, 2.05) is 43.3 Å². The van der Waals surface area contributed by atoms with Crippen molar-refractivity contribution in [2.75, 3.05) is 6.61 Å². The number of carbonyl (C=O) groups is 3. The third-order valence-electron chi connectivity index (χ3n) is 5.98. The fourth-order valence-electron chi connectivity index (χ4n) is 4.24. The Morgan fingerprint density at radius 2 is 1.74 bits per heavy atom. The molecule has 0 fully saturated rings. The molecule has 0 saturated carbocycles.